The summed E-state index contributed by atoms with van der Waals surface area (Å²) in [6.07, 6.45) is 0. The first-order valence-corrected chi connectivity index (χ1v) is 9.42. The zero-order valence-corrected chi connectivity index (χ0v) is 16.6. The molecule has 0 amide bonds. The van der Waals surface area contributed by atoms with Gasteiger partial charge in [-0.1, -0.05) is 37.3 Å². The number of ether oxygens (including phenoxy) is 2. The molecule has 1 unspecified atom stereocenters. The van der Waals surface area contributed by atoms with Gasteiger partial charge in [-0.15, -0.1) is 11.8 Å². The van der Waals surface area contributed by atoms with Gasteiger partial charge >= 0.3 is 0 Å². The molecule has 0 spiro atoms. The van der Waals surface area contributed by atoms with Gasteiger partial charge in [-0.3, -0.25) is 4.99 Å². The van der Waals surface area contributed by atoms with Gasteiger partial charge in [0.25, 0.3) is 0 Å². The fraction of sp³-hybridized carbons (Fsp3) is 0.350. The van der Waals surface area contributed by atoms with Gasteiger partial charge in [0, 0.05) is 35.8 Å². The minimum Gasteiger partial charge on any atom is -0.493 e. The molecule has 0 aliphatic rings. The Hall–Kier alpha value is -2.34. The molecule has 0 saturated carbocycles. The highest BCUT2D eigenvalue weighted by Crippen LogP contribution is 2.30. The maximum atomic E-state index is 5.47. The molecule has 0 heterocycles. The minimum atomic E-state index is 0.419. The van der Waals surface area contributed by atoms with Crippen LogP contribution >= 0.6 is 11.8 Å². The van der Waals surface area contributed by atoms with Crippen molar-refractivity contribution < 1.29 is 9.47 Å². The van der Waals surface area contributed by atoms with Gasteiger partial charge in [0.1, 0.15) is 0 Å². The Morgan fingerprint density at radius 2 is 1.81 bits per heavy atom. The number of aliphatic imine (C=N–C) groups is 1. The number of nitrogens with one attached hydrogen (secondary N) is 2. The summed E-state index contributed by atoms with van der Waals surface area (Å²) >= 11 is 1.84. The summed E-state index contributed by atoms with van der Waals surface area (Å²) in [6, 6.07) is 16.3. The minimum absolute atomic E-state index is 0.419. The van der Waals surface area contributed by atoms with Gasteiger partial charge in [0.2, 0.25) is 0 Å². The maximum absolute atomic E-state index is 5.47. The Labute approximate surface area is 160 Å². The number of nitrogens with zero attached hydrogens (tertiary/aromatic N) is 1. The van der Waals surface area contributed by atoms with Crippen LogP contribution in [-0.4, -0.2) is 39.0 Å². The van der Waals surface area contributed by atoms with Crippen LogP contribution in [0.15, 0.2) is 58.4 Å². The highest BCUT2D eigenvalue weighted by Gasteiger charge is 2.10. The third-order valence-corrected chi connectivity index (χ3v) is 4.91. The van der Waals surface area contributed by atoms with E-state index in [1.54, 1.807) is 21.3 Å². The molecule has 0 aliphatic carbocycles. The molecule has 0 radical (unpaired) electrons. The zero-order valence-electron chi connectivity index (χ0n) is 15.8. The Morgan fingerprint density at radius 3 is 2.46 bits per heavy atom. The van der Waals surface area contributed by atoms with Gasteiger partial charge in [0.05, 0.1) is 14.2 Å². The second-order valence-corrected chi connectivity index (χ2v) is 7.21. The van der Waals surface area contributed by atoms with Crippen LogP contribution in [0.4, 0.5) is 0 Å². The number of methoxy groups -OCH3 is 2. The molecule has 0 fully saturated rings. The van der Waals surface area contributed by atoms with Gasteiger partial charge in [0.15, 0.2) is 17.5 Å². The fourth-order valence-corrected chi connectivity index (χ4v) is 3.45. The average molecular weight is 374 g/mol. The maximum Gasteiger partial charge on any atom is 0.191 e. The van der Waals surface area contributed by atoms with Crippen LogP contribution in [0.2, 0.25) is 0 Å². The van der Waals surface area contributed by atoms with Crippen molar-refractivity contribution in [3.63, 3.8) is 0 Å². The number of thioether (sulfide) groups is 1. The number of benzene rings is 2. The summed E-state index contributed by atoms with van der Waals surface area (Å²) in [5, 5.41) is 7.12. The van der Waals surface area contributed by atoms with E-state index in [1.807, 2.05) is 36.0 Å². The first kappa shape index (κ1) is 20.0. The predicted molar refractivity (Wildman–Crippen MR) is 110 cm³/mol. The van der Waals surface area contributed by atoms with Gasteiger partial charge < -0.3 is 20.1 Å². The number of rotatable bonds is 8. The van der Waals surface area contributed by atoms with Crippen LogP contribution in [0.1, 0.15) is 12.5 Å². The molecule has 2 rings (SSSR count). The highest BCUT2D eigenvalue weighted by molar-refractivity contribution is 8.00. The Balaban J connectivity index is 1.86. The van der Waals surface area contributed by atoms with E-state index in [2.05, 4.69) is 46.8 Å². The second kappa shape index (κ2) is 10.6. The molecule has 0 bridgehead atoms. The van der Waals surface area contributed by atoms with E-state index in [-0.39, 0.29) is 0 Å². The summed E-state index contributed by atoms with van der Waals surface area (Å²) in [7, 11) is 5.06. The molecule has 2 N–H and O–H groups in total. The van der Waals surface area contributed by atoms with E-state index in [0.29, 0.717) is 11.8 Å². The molecule has 2 aromatic rings. The molecule has 0 saturated heterocycles. The van der Waals surface area contributed by atoms with Crippen LogP contribution < -0.4 is 20.1 Å². The summed E-state index contributed by atoms with van der Waals surface area (Å²) in [5.74, 6) is 2.23. The summed E-state index contributed by atoms with van der Waals surface area (Å²) < 4.78 is 10.8. The van der Waals surface area contributed by atoms with Crippen LogP contribution in [0.25, 0.3) is 0 Å². The molecule has 0 aromatic heterocycles. The number of hydrogen-bond acceptors (Lipinski definition) is 4. The van der Waals surface area contributed by atoms with E-state index in [4.69, 9.17) is 9.47 Å². The third-order valence-electron chi connectivity index (χ3n) is 3.79. The molecular weight excluding hydrogens is 346 g/mol. The quantitative estimate of drug-likeness (QED) is 0.421. The van der Waals surface area contributed by atoms with Crippen LogP contribution in [0, 0.1) is 0 Å². The van der Waals surface area contributed by atoms with Crippen molar-refractivity contribution in [1.82, 2.24) is 10.6 Å². The molecule has 5 nitrogen and oxygen atoms in total. The van der Waals surface area contributed by atoms with Crippen molar-refractivity contribution >= 4 is 17.7 Å². The topological polar surface area (TPSA) is 54.9 Å². The van der Waals surface area contributed by atoms with Gasteiger partial charge in [-0.05, 0) is 18.2 Å². The summed E-state index contributed by atoms with van der Waals surface area (Å²) in [5.41, 5.74) is 1.02. The van der Waals surface area contributed by atoms with Crippen LogP contribution in [0.3, 0.4) is 0 Å². The Morgan fingerprint density at radius 1 is 1.04 bits per heavy atom. The van der Waals surface area contributed by atoms with E-state index in [0.717, 1.165) is 29.6 Å². The van der Waals surface area contributed by atoms with Gasteiger partial charge in [-0.25, -0.2) is 0 Å². The lowest BCUT2D eigenvalue weighted by molar-refractivity contribution is 0.351. The molecule has 1 atom stereocenters. The predicted octanol–water partition coefficient (Wildman–Crippen LogP) is 3.55. The molecule has 2 aromatic carbocycles. The smallest absolute Gasteiger partial charge is 0.191 e. The first-order chi connectivity index (χ1) is 12.7. The van der Waals surface area contributed by atoms with E-state index in [9.17, 15) is 0 Å². The number of hydrogen-bond donors (Lipinski definition) is 2. The second-order valence-electron chi connectivity index (χ2n) is 5.70. The normalized spacial score (nSPS) is 12.4. The van der Waals surface area contributed by atoms with Crippen molar-refractivity contribution in [2.24, 2.45) is 4.99 Å². The van der Waals surface area contributed by atoms with E-state index >= 15 is 0 Å². The van der Waals surface area contributed by atoms with Crippen LogP contribution in [-0.2, 0) is 6.54 Å². The fourth-order valence-electron chi connectivity index (χ4n) is 2.51. The van der Waals surface area contributed by atoms with E-state index in [1.165, 1.54) is 4.90 Å². The summed E-state index contributed by atoms with van der Waals surface area (Å²) in [4.78, 5) is 5.56. The average Bonchev–Trinajstić information content (AvgIpc) is 2.68. The molecule has 0 aliphatic heterocycles. The van der Waals surface area contributed by atoms with E-state index < -0.39 is 0 Å². The number of para-hydroxylation sites is 1. The van der Waals surface area contributed by atoms with Crippen molar-refractivity contribution in [2.45, 2.75) is 23.6 Å². The molecule has 26 heavy (non-hydrogen) atoms. The molecule has 6 heteroatoms. The summed E-state index contributed by atoms with van der Waals surface area (Å²) in [6.45, 7) is 3.61. The van der Waals surface area contributed by atoms with Crippen molar-refractivity contribution in [3.8, 4) is 11.5 Å². The monoisotopic (exact) mass is 373 g/mol. The van der Waals surface area contributed by atoms with Crippen molar-refractivity contribution in [1.29, 1.82) is 0 Å². The van der Waals surface area contributed by atoms with Crippen molar-refractivity contribution in [3.05, 3.63) is 54.1 Å². The third kappa shape index (κ3) is 5.88. The Bertz CT molecular complexity index is 707. The zero-order chi connectivity index (χ0) is 18.8. The molecule has 140 valence electrons. The van der Waals surface area contributed by atoms with Gasteiger partial charge in [-0.2, -0.15) is 0 Å². The largest absolute Gasteiger partial charge is 0.493 e. The molecular formula is C20H27N3O2S. The Kier molecular flexibility index (Phi) is 8.15. The first-order valence-electron chi connectivity index (χ1n) is 8.54. The number of guanidine groups is 1. The standard InChI is InChI=1S/C20H27N3O2S/c1-15(26-17-10-6-5-7-11-17)13-22-20(21-2)23-14-16-9-8-12-18(24-3)19(16)25-4/h5-12,15H,13-14H2,1-4H3,(H2,21,22,23). The lowest BCUT2D eigenvalue weighted by Gasteiger charge is -2.17. The lowest BCUT2D eigenvalue weighted by Crippen LogP contribution is -2.39. The lowest BCUT2D eigenvalue weighted by atomic mass is 10.2. The SMILES string of the molecule is CN=C(NCc1cccc(OC)c1OC)NCC(C)Sc1ccccc1. The van der Waals surface area contributed by atoms with Crippen LogP contribution in [0.5, 0.6) is 11.5 Å². The highest BCUT2D eigenvalue weighted by atomic mass is 32.2. The van der Waals surface area contributed by atoms with Crippen molar-refractivity contribution in [2.75, 3.05) is 27.8 Å².